The fourth-order valence-corrected chi connectivity index (χ4v) is 4.24. The fourth-order valence-electron chi connectivity index (χ4n) is 4.24. The number of hydrogen-bond acceptors (Lipinski definition) is 4. The molecule has 1 fully saturated rings. The Hall–Kier alpha value is -4.22. The van der Waals surface area contributed by atoms with E-state index in [0.29, 0.717) is 30.2 Å². The third-order valence-electron chi connectivity index (χ3n) is 6.17. The lowest BCUT2D eigenvalue weighted by molar-refractivity contribution is -0.138. The second kappa shape index (κ2) is 9.58. The number of amides is 2. The van der Waals surface area contributed by atoms with Gasteiger partial charge in [0, 0.05) is 31.9 Å². The molecule has 0 aromatic heterocycles. The van der Waals surface area contributed by atoms with Crippen LogP contribution >= 0.6 is 0 Å². The molecule has 0 radical (unpaired) electrons. The van der Waals surface area contributed by atoms with Gasteiger partial charge in [-0.2, -0.15) is 26.3 Å². The van der Waals surface area contributed by atoms with Gasteiger partial charge in [-0.25, -0.2) is 9.79 Å². The number of carbonyl (C=O) groups excluding carboxylic acids is 1. The fraction of sp³-hybridized carbons (Fsp3) is 0.231. The molecule has 12 heteroatoms. The highest BCUT2D eigenvalue weighted by Crippen LogP contribution is 2.42. The summed E-state index contributed by atoms with van der Waals surface area (Å²) in [6, 6.07) is 13.8. The number of alkyl halides is 6. The zero-order valence-electron chi connectivity index (χ0n) is 19.6. The number of halogens is 6. The highest BCUT2D eigenvalue weighted by molar-refractivity contribution is 6.04. The van der Waals surface area contributed by atoms with E-state index in [-0.39, 0.29) is 30.2 Å². The van der Waals surface area contributed by atoms with Crippen LogP contribution < -0.4 is 10.1 Å². The zero-order chi connectivity index (χ0) is 27.1. The van der Waals surface area contributed by atoms with Crippen LogP contribution in [0.4, 0.5) is 42.5 Å². The number of rotatable bonds is 1. The molecule has 38 heavy (non-hydrogen) atoms. The molecule has 198 valence electrons. The van der Waals surface area contributed by atoms with Crippen LogP contribution in [0.5, 0.6) is 11.5 Å². The molecule has 2 aliphatic heterocycles. The standard InChI is InChI=1S/C26H20F6N4O2/c27-25(28,29)16-4-3-5-18(14-16)33-24(37)36-12-10-35(11-13-36)23-19-6-1-2-7-21(19)38-22-15-17(26(30,31)32)8-9-20(22)34-23/h1-9,14-15H,10-13H2,(H,33,37). The topological polar surface area (TPSA) is 57.2 Å². The smallest absolute Gasteiger partial charge is 0.416 e. The van der Waals surface area contributed by atoms with E-state index >= 15 is 0 Å². The summed E-state index contributed by atoms with van der Waals surface area (Å²) >= 11 is 0. The van der Waals surface area contributed by atoms with Crippen molar-refractivity contribution in [2.24, 2.45) is 4.99 Å². The van der Waals surface area contributed by atoms with Gasteiger partial charge in [-0.3, -0.25) is 0 Å². The van der Waals surface area contributed by atoms with Crippen molar-refractivity contribution in [1.82, 2.24) is 9.80 Å². The number of anilines is 1. The maximum Gasteiger partial charge on any atom is 0.416 e. The maximum atomic E-state index is 13.2. The van der Waals surface area contributed by atoms with Crippen LogP contribution in [0.2, 0.25) is 0 Å². The highest BCUT2D eigenvalue weighted by Gasteiger charge is 2.33. The van der Waals surface area contributed by atoms with Crippen molar-refractivity contribution in [3.8, 4) is 11.5 Å². The van der Waals surface area contributed by atoms with Crippen LogP contribution in [-0.4, -0.2) is 47.8 Å². The molecule has 1 N–H and O–H groups in total. The van der Waals surface area contributed by atoms with Gasteiger partial charge < -0.3 is 19.9 Å². The monoisotopic (exact) mass is 534 g/mol. The summed E-state index contributed by atoms with van der Waals surface area (Å²) in [5, 5.41) is 2.50. The van der Waals surface area contributed by atoms with Crippen molar-refractivity contribution in [3.05, 3.63) is 83.4 Å². The minimum atomic E-state index is -4.54. The van der Waals surface area contributed by atoms with Gasteiger partial charge in [0.25, 0.3) is 0 Å². The van der Waals surface area contributed by atoms with Gasteiger partial charge in [0.1, 0.15) is 17.3 Å². The molecule has 2 aliphatic rings. The van der Waals surface area contributed by atoms with Gasteiger partial charge in [-0.15, -0.1) is 0 Å². The lowest BCUT2D eigenvalue weighted by atomic mass is 10.1. The quantitative estimate of drug-likeness (QED) is 0.351. The number of ether oxygens (including phenoxy) is 1. The molecular formula is C26H20F6N4O2. The predicted octanol–water partition coefficient (Wildman–Crippen LogP) is 6.76. The van der Waals surface area contributed by atoms with Crippen LogP contribution in [0.3, 0.4) is 0 Å². The normalized spacial score (nSPS) is 15.6. The number of urea groups is 1. The second-order valence-electron chi connectivity index (χ2n) is 8.70. The molecule has 0 bridgehead atoms. The van der Waals surface area contributed by atoms with Crippen LogP contribution in [-0.2, 0) is 12.4 Å². The summed E-state index contributed by atoms with van der Waals surface area (Å²) < 4.78 is 84.5. The number of nitrogens with zero attached hydrogens (tertiary/aromatic N) is 3. The molecular weight excluding hydrogens is 514 g/mol. The summed E-state index contributed by atoms with van der Waals surface area (Å²) in [5.41, 5.74) is -0.878. The molecule has 5 rings (SSSR count). The minimum absolute atomic E-state index is 0.0265. The van der Waals surface area contributed by atoms with Gasteiger partial charge in [0.05, 0.1) is 16.7 Å². The minimum Gasteiger partial charge on any atom is -0.454 e. The van der Waals surface area contributed by atoms with Crippen LogP contribution in [0.1, 0.15) is 16.7 Å². The van der Waals surface area contributed by atoms with E-state index < -0.39 is 29.5 Å². The average Bonchev–Trinajstić information content (AvgIpc) is 3.04. The van der Waals surface area contributed by atoms with Crippen molar-refractivity contribution in [2.45, 2.75) is 12.4 Å². The van der Waals surface area contributed by atoms with Crippen LogP contribution in [0.15, 0.2) is 71.7 Å². The largest absolute Gasteiger partial charge is 0.454 e. The van der Waals surface area contributed by atoms with Crippen molar-refractivity contribution in [3.63, 3.8) is 0 Å². The number of fused-ring (bicyclic) bond motifs is 2. The molecule has 0 saturated carbocycles. The highest BCUT2D eigenvalue weighted by atomic mass is 19.4. The van der Waals surface area contributed by atoms with Crippen LogP contribution in [0.25, 0.3) is 0 Å². The van der Waals surface area contributed by atoms with Crippen molar-refractivity contribution in [2.75, 3.05) is 31.5 Å². The van der Waals surface area contributed by atoms with Gasteiger partial charge in [-0.1, -0.05) is 18.2 Å². The summed E-state index contributed by atoms with van der Waals surface area (Å²) in [6.07, 6.45) is -9.07. The van der Waals surface area contributed by atoms with Gasteiger partial charge in [0.2, 0.25) is 0 Å². The van der Waals surface area contributed by atoms with Gasteiger partial charge >= 0.3 is 18.4 Å². The zero-order valence-corrected chi connectivity index (χ0v) is 19.6. The van der Waals surface area contributed by atoms with Crippen molar-refractivity contribution >= 4 is 23.2 Å². The van der Waals surface area contributed by atoms with E-state index in [4.69, 9.17) is 4.74 Å². The molecule has 3 aromatic carbocycles. The first kappa shape index (κ1) is 25.4. The number of nitrogens with one attached hydrogen (secondary N) is 1. The Morgan fingerprint density at radius 1 is 0.789 bits per heavy atom. The Balaban J connectivity index is 1.34. The summed E-state index contributed by atoms with van der Waals surface area (Å²) in [4.78, 5) is 20.7. The Kier molecular flexibility index (Phi) is 6.41. The molecule has 2 amide bonds. The summed E-state index contributed by atoms with van der Waals surface area (Å²) in [5.74, 6) is 0.799. The number of hydrogen-bond donors (Lipinski definition) is 1. The maximum absolute atomic E-state index is 13.2. The third kappa shape index (κ3) is 5.24. The third-order valence-corrected chi connectivity index (χ3v) is 6.17. The Morgan fingerprint density at radius 2 is 1.47 bits per heavy atom. The van der Waals surface area contributed by atoms with Crippen molar-refractivity contribution in [1.29, 1.82) is 0 Å². The van der Waals surface area contributed by atoms with E-state index in [1.54, 1.807) is 24.3 Å². The Bertz CT molecular complexity index is 1390. The van der Waals surface area contributed by atoms with Gasteiger partial charge in [0.15, 0.2) is 5.75 Å². The molecule has 0 atom stereocenters. The molecule has 0 unspecified atom stereocenters. The number of aliphatic imine (C=N–C) groups is 1. The van der Waals surface area contributed by atoms with Crippen molar-refractivity contribution < 1.29 is 35.9 Å². The predicted molar refractivity (Wildman–Crippen MR) is 128 cm³/mol. The molecule has 2 heterocycles. The molecule has 6 nitrogen and oxygen atoms in total. The van der Waals surface area contributed by atoms with E-state index in [9.17, 15) is 31.1 Å². The SMILES string of the molecule is O=C(Nc1cccc(C(F)(F)F)c1)N1CCN(C2=Nc3ccc(C(F)(F)F)cc3Oc3ccccc32)CC1. The Labute approximate surface area is 213 Å². The molecule has 0 aliphatic carbocycles. The second-order valence-corrected chi connectivity index (χ2v) is 8.70. The first-order valence-corrected chi connectivity index (χ1v) is 11.5. The Morgan fingerprint density at radius 3 is 2.18 bits per heavy atom. The summed E-state index contributed by atoms with van der Waals surface area (Å²) in [7, 11) is 0. The lowest BCUT2D eigenvalue weighted by Crippen LogP contribution is -2.51. The first-order chi connectivity index (χ1) is 18.0. The number of amidine groups is 1. The first-order valence-electron chi connectivity index (χ1n) is 11.5. The lowest BCUT2D eigenvalue weighted by Gasteiger charge is -2.36. The number of piperazine rings is 1. The molecule has 0 spiro atoms. The van der Waals surface area contributed by atoms with Gasteiger partial charge in [-0.05, 0) is 48.5 Å². The van der Waals surface area contributed by atoms with E-state index in [1.165, 1.54) is 23.1 Å². The number of benzene rings is 3. The molecule has 3 aromatic rings. The summed E-state index contributed by atoms with van der Waals surface area (Å²) in [6.45, 7) is 1.15. The van der Waals surface area contributed by atoms with E-state index in [2.05, 4.69) is 10.3 Å². The van der Waals surface area contributed by atoms with Crippen LogP contribution in [0, 0.1) is 0 Å². The average molecular weight is 534 g/mol. The van der Waals surface area contributed by atoms with E-state index in [1.807, 2.05) is 4.90 Å². The number of para-hydroxylation sites is 1. The number of carbonyl (C=O) groups is 1. The van der Waals surface area contributed by atoms with E-state index in [0.717, 1.165) is 24.3 Å². The molecule has 1 saturated heterocycles.